The molecule has 0 aromatic heterocycles. The highest BCUT2D eigenvalue weighted by Crippen LogP contribution is 2.18. The van der Waals surface area contributed by atoms with Gasteiger partial charge in [-0.05, 0) is 30.9 Å². The van der Waals surface area contributed by atoms with E-state index >= 15 is 0 Å². The van der Waals surface area contributed by atoms with Crippen LogP contribution in [0, 0.1) is 5.92 Å². The summed E-state index contributed by atoms with van der Waals surface area (Å²) in [5.41, 5.74) is 0.869. The summed E-state index contributed by atoms with van der Waals surface area (Å²) in [6, 6.07) is 7.56. The Kier molecular flexibility index (Phi) is 8.25. The maximum atomic E-state index is 11.6. The first-order valence-corrected chi connectivity index (χ1v) is 7.69. The summed E-state index contributed by atoms with van der Waals surface area (Å²) in [5, 5.41) is 0. The minimum absolute atomic E-state index is 0.301. The van der Waals surface area contributed by atoms with Crippen molar-refractivity contribution >= 4 is 12.0 Å². The molecule has 116 valence electrons. The number of hydrogen-bond acceptors (Lipinski definition) is 3. The Balaban J connectivity index is 2.35. The fourth-order valence-corrected chi connectivity index (χ4v) is 2.25. The lowest BCUT2D eigenvalue weighted by molar-refractivity contribution is -0.137. The molecule has 0 fully saturated rings. The van der Waals surface area contributed by atoms with Crippen molar-refractivity contribution < 1.29 is 14.3 Å². The number of methoxy groups -OCH3 is 1. The van der Waals surface area contributed by atoms with Crippen molar-refractivity contribution in [3.8, 4) is 5.75 Å². The van der Waals surface area contributed by atoms with Crippen LogP contribution in [-0.2, 0) is 9.53 Å². The molecule has 0 bridgehead atoms. The Bertz CT molecular complexity index is 448. The van der Waals surface area contributed by atoms with E-state index in [4.69, 9.17) is 9.47 Å². The van der Waals surface area contributed by atoms with Gasteiger partial charge in [0.2, 0.25) is 0 Å². The van der Waals surface area contributed by atoms with E-state index in [-0.39, 0.29) is 5.97 Å². The van der Waals surface area contributed by atoms with Gasteiger partial charge in [-0.15, -0.1) is 0 Å². The average Bonchev–Trinajstić information content (AvgIpc) is 2.53. The van der Waals surface area contributed by atoms with E-state index in [1.165, 1.54) is 18.9 Å². The van der Waals surface area contributed by atoms with Crippen molar-refractivity contribution in [3.63, 3.8) is 0 Å². The van der Waals surface area contributed by atoms with Gasteiger partial charge in [0.1, 0.15) is 5.75 Å². The van der Waals surface area contributed by atoms with Crippen molar-refractivity contribution in [3.05, 3.63) is 35.9 Å². The molecule has 21 heavy (non-hydrogen) atoms. The van der Waals surface area contributed by atoms with Crippen LogP contribution in [0.1, 0.15) is 45.1 Å². The zero-order chi connectivity index (χ0) is 15.5. The van der Waals surface area contributed by atoms with E-state index in [0.29, 0.717) is 6.61 Å². The quantitative estimate of drug-likeness (QED) is 0.382. The van der Waals surface area contributed by atoms with Crippen LogP contribution in [0.3, 0.4) is 0 Å². The SMILES string of the molecule is CCC(CC)CCCOC(=O)/C=C/c1ccccc1OC. The Morgan fingerprint density at radius 1 is 1.24 bits per heavy atom. The molecule has 0 atom stereocenters. The van der Waals surface area contributed by atoms with Crippen LogP contribution in [0.15, 0.2) is 30.3 Å². The van der Waals surface area contributed by atoms with Gasteiger partial charge in [-0.25, -0.2) is 4.79 Å². The lowest BCUT2D eigenvalue weighted by atomic mass is 9.98. The van der Waals surface area contributed by atoms with Gasteiger partial charge < -0.3 is 9.47 Å². The highest BCUT2D eigenvalue weighted by molar-refractivity contribution is 5.87. The standard InChI is InChI=1S/C18H26O3/c1-4-15(5-2)9-8-14-21-18(19)13-12-16-10-6-7-11-17(16)20-3/h6-7,10-13,15H,4-5,8-9,14H2,1-3H3/b13-12+. The maximum absolute atomic E-state index is 11.6. The second-order valence-corrected chi connectivity index (χ2v) is 5.07. The molecule has 1 aromatic carbocycles. The number of carbonyl (C=O) groups excluding carboxylic acids is 1. The molecule has 0 spiro atoms. The summed E-state index contributed by atoms with van der Waals surface area (Å²) in [4.78, 5) is 11.6. The normalized spacial score (nSPS) is 11.0. The first-order chi connectivity index (χ1) is 10.2. The smallest absolute Gasteiger partial charge is 0.330 e. The number of esters is 1. The van der Waals surface area contributed by atoms with Gasteiger partial charge in [0, 0.05) is 11.6 Å². The zero-order valence-electron chi connectivity index (χ0n) is 13.3. The van der Waals surface area contributed by atoms with Gasteiger partial charge in [0.15, 0.2) is 0 Å². The fourth-order valence-electron chi connectivity index (χ4n) is 2.25. The molecule has 3 heteroatoms. The molecule has 0 amide bonds. The molecule has 0 N–H and O–H groups in total. The highest BCUT2D eigenvalue weighted by Gasteiger charge is 2.04. The molecule has 0 unspecified atom stereocenters. The summed E-state index contributed by atoms with van der Waals surface area (Å²) in [5.74, 6) is 1.19. The summed E-state index contributed by atoms with van der Waals surface area (Å²) in [7, 11) is 1.61. The summed E-state index contributed by atoms with van der Waals surface area (Å²) in [6.45, 7) is 4.90. The van der Waals surface area contributed by atoms with Crippen LogP contribution >= 0.6 is 0 Å². The van der Waals surface area contributed by atoms with E-state index in [0.717, 1.165) is 30.1 Å². The molecular weight excluding hydrogens is 264 g/mol. The minimum Gasteiger partial charge on any atom is -0.496 e. The molecule has 0 radical (unpaired) electrons. The number of carbonyl (C=O) groups is 1. The number of para-hydroxylation sites is 1. The Labute approximate surface area is 128 Å². The monoisotopic (exact) mass is 290 g/mol. The lowest BCUT2D eigenvalue weighted by Crippen LogP contribution is -2.05. The average molecular weight is 290 g/mol. The van der Waals surface area contributed by atoms with Crippen LogP contribution in [-0.4, -0.2) is 19.7 Å². The number of hydrogen-bond donors (Lipinski definition) is 0. The lowest BCUT2D eigenvalue weighted by Gasteiger charge is -2.11. The first kappa shape index (κ1) is 17.3. The summed E-state index contributed by atoms with van der Waals surface area (Å²) in [6.07, 6.45) is 7.62. The largest absolute Gasteiger partial charge is 0.496 e. The molecule has 0 aliphatic rings. The summed E-state index contributed by atoms with van der Waals surface area (Å²) < 4.78 is 10.4. The van der Waals surface area contributed by atoms with Crippen molar-refractivity contribution in [2.45, 2.75) is 39.5 Å². The van der Waals surface area contributed by atoms with Crippen LogP contribution < -0.4 is 4.74 Å². The van der Waals surface area contributed by atoms with E-state index in [9.17, 15) is 4.79 Å². The Hall–Kier alpha value is -1.77. The topological polar surface area (TPSA) is 35.5 Å². The molecular formula is C18H26O3. The predicted molar refractivity (Wildman–Crippen MR) is 86.3 cm³/mol. The van der Waals surface area contributed by atoms with E-state index in [1.807, 2.05) is 24.3 Å². The van der Waals surface area contributed by atoms with Gasteiger partial charge in [-0.1, -0.05) is 44.9 Å². The third kappa shape index (κ3) is 6.48. The Morgan fingerprint density at radius 2 is 1.95 bits per heavy atom. The molecule has 1 aromatic rings. The van der Waals surface area contributed by atoms with Gasteiger partial charge in [0.05, 0.1) is 13.7 Å². The molecule has 0 saturated heterocycles. The molecule has 0 aliphatic carbocycles. The molecule has 1 rings (SSSR count). The van der Waals surface area contributed by atoms with E-state index in [1.54, 1.807) is 13.2 Å². The van der Waals surface area contributed by atoms with Gasteiger partial charge in [-0.2, -0.15) is 0 Å². The highest BCUT2D eigenvalue weighted by atomic mass is 16.5. The third-order valence-electron chi connectivity index (χ3n) is 3.69. The fraction of sp³-hybridized carbons (Fsp3) is 0.500. The second-order valence-electron chi connectivity index (χ2n) is 5.07. The van der Waals surface area contributed by atoms with Gasteiger partial charge >= 0.3 is 5.97 Å². The van der Waals surface area contributed by atoms with E-state index < -0.39 is 0 Å². The Morgan fingerprint density at radius 3 is 2.62 bits per heavy atom. The number of rotatable bonds is 9. The minimum atomic E-state index is -0.301. The van der Waals surface area contributed by atoms with Crippen LogP contribution in [0.25, 0.3) is 6.08 Å². The zero-order valence-corrected chi connectivity index (χ0v) is 13.3. The van der Waals surface area contributed by atoms with Crippen molar-refractivity contribution in [1.29, 1.82) is 0 Å². The van der Waals surface area contributed by atoms with Crippen molar-refractivity contribution in [1.82, 2.24) is 0 Å². The van der Waals surface area contributed by atoms with Crippen LogP contribution in [0.5, 0.6) is 5.75 Å². The number of ether oxygens (including phenoxy) is 2. The van der Waals surface area contributed by atoms with Crippen molar-refractivity contribution in [2.24, 2.45) is 5.92 Å². The van der Waals surface area contributed by atoms with Gasteiger partial charge in [0.25, 0.3) is 0 Å². The predicted octanol–water partition coefficient (Wildman–Crippen LogP) is 4.47. The molecule has 0 aliphatic heterocycles. The number of benzene rings is 1. The molecule has 0 heterocycles. The van der Waals surface area contributed by atoms with E-state index in [2.05, 4.69) is 13.8 Å². The second kappa shape index (κ2) is 10.0. The molecule has 0 saturated carbocycles. The van der Waals surface area contributed by atoms with Crippen LogP contribution in [0.2, 0.25) is 0 Å². The van der Waals surface area contributed by atoms with Gasteiger partial charge in [-0.3, -0.25) is 0 Å². The maximum Gasteiger partial charge on any atom is 0.330 e. The first-order valence-electron chi connectivity index (χ1n) is 7.69. The molecule has 3 nitrogen and oxygen atoms in total. The van der Waals surface area contributed by atoms with Crippen molar-refractivity contribution in [2.75, 3.05) is 13.7 Å². The third-order valence-corrected chi connectivity index (χ3v) is 3.69. The van der Waals surface area contributed by atoms with Crippen LogP contribution in [0.4, 0.5) is 0 Å². The summed E-state index contributed by atoms with van der Waals surface area (Å²) >= 11 is 0.